The van der Waals surface area contributed by atoms with Crippen molar-refractivity contribution in [1.29, 1.82) is 0 Å². The number of hydrogen-bond acceptors (Lipinski definition) is 5. The Morgan fingerprint density at radius 1 is 0.933 bits per heavy atom. The second kappa shape index (κ2) is 6.24. The summed E-state index contributed by atoms with van der Waals surface area (Å²) in [5.41, 5.74) is -1.42. The molecule has 3 aromatic rings. The zero-order valence-electron chi connectivity index (χ0n) is 15.9. The first-order valence-corrected chi connectivity index (χ1v) is 10.2. The van der Waals surface area contributed by atoms with Crippen molar-refractivity contribution in [3.63, 3.8) is 0 Å². The molecule has 0 aliphatic heterocycles. The highest BCUT2D eigenvalue weighted by molar-refractivity contribution is 5.56. The van der Waals surface area contributed by atoms with Crippen molar-refractivity contribution < 1.29 is 22.0 Å². The van der Waals surface area contributed by atoms with Crippen molar-refractivity contribution in [1.82, 2.24) is 24.8 Å². The van der Waals surface area contributed by atoms with Gasteiger partial charge in [-0.15, -0.1) is 10.2 Å². The summed E-state index contributed by atoms with van der Waals surface area (Å²) in [5.74, 6) is 2.79. The summed E-state index contributed by atoms with van der Waals surface area (Å²) in [6.07, 6.45) is 1.02. The van der Waals surface area contributed by atoms with Crippen molar-refractivity contribution in [2.45, 2.75) is 56.8 Å². The van der Waals surface area contributed by atoms with E-state index in [-0.39, 0.29) is 22.6 Å². The number of fused-ring (bicyclic) bond motifs is 1. The minimum atomic E-state index is -2.98. The lowest BCUT2D eigenvalue weighted by Gasteiger charge is -2.55. The predicted octanol–water partition coefficient (Wildman–Crippen LogP) is 5.12. The lowest BCUT2D eigenvalue weighted by atomic mass is 9.49. The summed E-state index contributed by atoms with van der Waals surface area (Å²) >= 11 is 0. The molecular formula is C20H19F4N5O. The zero-order chi connectivity index (χ0) is 20.6. The molecule has 30 heavy (non-hydrogen) atoms. The molecule has 4 fully saturated rings. The van der Waals surface area contributed by atoms with Gasteiger partial charge in [0.05, 0.1) is 0 Å². The fourth-order valence-electron chi connectivity index (χ4n) is 6.30. The van der Waals surface area contributed by atoms with Crippen LogP contribution < -0.4 is 0 Å². The van der Waals surface area contributed by atoms with Gasteiger partial charge in [0.1, 0.15) is 11.4 Å². The van der Waals surface area contributed by atoms with E-state index >= 15 is 0 Å². The van der Waals surface area contributed by atoms with Crippen LogP contribution in [0.5, 0.6) is 0 Å². The number of hydrogen-bond donors (Lipinski definition) is 0. The van der Waals surface area contributed by atoms with Crippen LogP contribution in [0.15, 0.2) is 16.5 Å². The van der Waals surface area contributed by atoms with Gasteiger partial charge in [-0.05, 0) is 62.3 Å². The molecule has 0 amide bonds. The van der Waals surface area contributed by atoms with Crippen LogP contribution in [0, 0.1) is 17.8 Å². The van der Waals surface area contributed by atoms with Crippen LogP contribution in [0.3, 0.4) is 0 Å². The molecule has 7 rings (SSSR count). The second-order valence-corrected chi connectivity index (χ2v) is 9.12. The average molecular weight is 421 g/mol. The third kappa shape index (κ3) is 2.68. The lowest BCUT2D eigenvalue weighted by molar-refractivity contribution is -0.0176. The molecule has 0 unspecified atom stereocenters. The van der Waals surface area contributed by atoms with Gasteiger partial charge in [-0.2, -0.15) is 5.10 Å². The van der Waals surface area contributed by atoms with Crippen molar-refractivity contribution >= 4 is 5.65 Å². The molecule has 158 valence electrons. The molecule has 4 aliphatic rings. The van der Waals surface area contributed by atoms with Gasteiger partial charge in [0.2, 0.25) is 5.89 Å². The molecule has 0 N–H and O–H groups in total. The summed E-state index contributed by atoms with van der Waals surface area (Å²) in [5, 5.41) is 12.5. The van der Waals surface area contributed by atoms with Gasteiger partial charge in [0.15, 0.2) is 11.3 Å². The predicted molar refractivity (Wildman–Crippen MR) is 96.0 cm³/mol. The minimum Gasteiger partial charge on any atom is -0.419 e. The molecule has 4 bridgehead atoms. The Morgan fingerprint density at radius 3 is 2.20 bits per heavy atom. The largest absolute Gasteiger partial charge is 0.419 e. The fourth-order valence-corrected chi connectivity index (χ4v) is 6.30. The lowest BCUT2D eigenvalue weighted by Crippen LogP contribution is -2.48. The molecule has 0 spiro atoms. The van der Waals surface area contributed by atoms with E-state index in [4.69, 9.17) is 4.42 Å². The highest BCUT2D eigenvalue weighted by atomic mass is 19.3. The third-order valence-corrected chi connectivity index (χ3v) is 7.06. The van der Waals surface area contributed by atoms with Gasteiger partial charge in [0, 0.05) is 11.5 Å². The van der Waals surface area contributed by atoms with Crippen molar-refractivity contribution in [3.8, 4) is 11.6 Å². The van der Waals surface area contributed by atoms with Gasteiger partial charge in [0.25, 0.3) is 18.7 Å². The minimum absolute atomic E-state index is 0.102. The van der Waals surface area contributed by atoms with E-state index in [0.29, 0.717) is 29.7 Å². The van der Waals surface area contributed by atoms with Crippen molar-refractivity contribution in [2.24, 2.45) is 17.8 Å². The first kappa shape index (κ1) is 18.3. The fraction of sp³-hybridized carbons (Fsp3) is 0.600. The van der Waals surface area contributed by atoms with Crippen LogP contribution in [-0.2, 0) is 5.41 Å². The van der Waals surface area contributed by atoms with Gasteiger partial charge in [-0.25, -0.2) is 27.1 Å². The van der Waals surface area contributed by atoms with E-state index in [9.17, 15) is 17.6 Å². The number of halogens is 4. The molecule has 0 radical (unpaired) electrons. The van der Waals surface area contributed by atoms with Crippen LogP contribution in [0.1, 0.15) is 68.7 Å². The van der Waals surface area contributed by atoms with Crippen molar-refractivity contribution in [2.75, 3.05) is 0 Å². The van der Waals surface area contributed by atoms with E-state index < -0.39 is 24.2 Å². The van der Waals surface area contributed by atoms with Crippen molar-refractivity contribution in [3.05, 3.63) is 29.4 Å². The first-order valence-electron chi connectivity index (χ1n) is 10.2. The first-order chi connectivity index (χ1) is 14.4. The zero-order valence-corrected chi connectivity index (χ0v) is 15.9. The van der Waals surface area contributed by atoms with Gasteiger partial charge < -0.3 is 4.42 Å². The van der Waals surface area contributed by atoms with Gasteiger partial charge in [-0.1, -0.05) is 0 Å². The van der Waals surface area contributed by atoms with Gasteiger partial charge >= 0.3 is 0 Å². The van der Waals surface area contributed by atoms with Crippen LogP contribution in [-0.4, -0.2) is 24.8 Å². The Labute approximate surface area is 168 Å². The normalized spacial score (nSPS) is 30.3. The number of nitrogens with zero attached hydrogens (tertiary/aromatic N) is 5. The highest BCUT2D eigenvalue weighted by Gasteiger charge is 2.54. The Morgan fingerprint density at radius 2 is 1.60 bits per heavy atom. The maximum Gasteiger partial charge on any atom is 0.280 e. The molecule has 0 aromatic carbocycles. The molecule has 0 atom stereocenters. The summed E-state index contributed by atoms with van der Waals surface area (Å²) in [4.78, 5) is 3.75. The molecule has 10 heteroatoms. The Hall–Kier alpha value is -2.52. The summed E-state index contributed by atoms with van der Waals surface area (Å²) in [7, 11) is 0. The number of rotatable bonds is 4. The van der Waals surface area contributed by atoms with E-state index in [1.807, 2.05) is 0 Å². The maximum atomic E-state index is 13.4. The molecule has 4 saturated carbocycles. The Bertz CT molecular complexity index is 1090. The Kier molecular flexibility index (Phi) is 3.80. The Balaban J connectivity index is 1.39. The van der Waals surface area contributed by atoms with E-state index in [2.05, 4.69) is 20.3 Å². The molecule has 3 heterocycles. The van der Waals surface area contributed by atoms with E-state index in [1.54, 1.807) is 0 Å². The molecule has 3 aromatic heterocycles. The highest BCUT2D eigenvalue weighted by Crippen LogP contribution is 2.60. The summed E-state index contributed by atoms with van der Waals surface area (Å²) < 4.78 is 59.8. The monoisotopic (exact) mass is 421 g/mol. The van der Waals surface area contributed by atoms with Crippen LogP contribution in [0.2, 0.25) is 0 Å². The van der Waals surface area contributed by atoms with Crippen LogP contribution >= 0.6 is 0 Å². The summed E-state index contributed by atoms with van der Waals surface area (Å²) in [6.45, 7) is 0. The SMILES string of the molecule is FC(F)c1cc(C(F)F)n2nc(-c3nnc(C45CC6CC(CC(C6)C4)C5)o3)cc2n1. The van der Waals surface area contributed by atoms with Gasteiger partial charge in [-0.3, -0.25) is 0 Å². The summed E-state index contributed by atoms with van der Waals surface area (Å²) in [6, 6.07) is 2.00. The van der Waals surface area contributed by atoms with Crippen LogP contribution in [0.25, 0.3) is 17.2 Å². The van der Waals surface area contributed by atoms with E-state index in [1.165, 1.54) is 25.3 Å². The quantitative estimate of drug-likeness (QED) is 0.547. The molecular weight excluding hydrogens is 402 g/mol. The smallest absolute Gasteiger partial charge is 0.280 e. The number of aromatic nitrogens is 5. The molecule has 6 nitrogen and oxygen atoms in total. The van der Waals surface area contributed by atoms with Crippen LogP contribution in [0.4, 0.5) is 17.6 Å². The second-order valence-electron chi connectivity index (χ2n) is 9.12. The third-order valence-electron chi connectivity index (χ3n) is 7.06. The number of alkyl halides is 4. The topological polar surface area (TPSA) is 69.1 Å². The maximum absolute atomic E-state index is 13.4. The standard InChI is InChI=1S/C20H19F4N5O/c21-16(22)12-4-14(17(23)24)29-15(25-12)5-13(28-29)18-26-27-19(30-18)20-6-9-1-10(7-20)3-11(2-9)8-20/h4-5,9-11,16-17H,1-3,6-8H2. The van der Waals surface area contributed by atoms with E-state index in [0.717, 1.165) is 23.8 Å². The average Bonchev–Trinajstić information content (AvgIpc) is 3.33. The molecule has 0 saturated heterocycles. The molecule has 4 aliphatic carbocycles.